The number of piperazine rings is 1. The monoisotopic (exact) mass is 709 g/mol. The first-order valence-corrected chi connectivity index (χ1v) is 18.5. The van der Waals surface area contributed by atoms with Gasteiger partial charge in [-0.05, 0) is 52.3 Å². The van der Waals surface area contributed by atoms with Crippen LogP contribution in [0.3, 0.4) is 0 Å². The third-order valence-electron chi connectivity index (χ3n) is 9.31. The summed E-state index contributed by atoms with van der Waals surface area (Å²) in [6, 6.07) is 22.9. The van der Waals surface area contributed by atoms with Gasteiger partial charge in [0.2, 0.25) is 5.91 Å². The fourth-order valence-electron chi connectivity index (χ4n) is 6.38. The minimum Gasteiger partial charge on any atom is -0.379 e. The van der Waals surface area contributed by atoms with Crippen molar-refractivity contribution in [3.05, 3.63) is 101 Å². The molecule has 0 saturated carbocycles. The summed E-state index contributed by atoms with van der Waals surface area (Å²) in [7, 11) is 0. The van der Waals surface area contributed by atoms with E-state index in [0.29, 0.717) is 56.6 Å². The van der Waals surface area contributed by atoms with E-state index >= 15 is 0 Å². The van der Waals surface area contributed by atoms with Gasteiger partial charge in [-0.2, -0.15) is 0 Å². The van der Waals surface area contributed by atoms with Crippen LogP contribution < -0.4 is 10.2 Å². The van der Waals surface area contributed by atoms with Crippen LogP contribution in [0, 0.1) is 5.41 Å². The van der Waals surface area contributed by atoms with Gasteiger partial charge in [0.1, 0.15) is 6.04 Å². The van der Waals surface area contributed by atoms with Crippen LogP contribution >= 0.6 is 11.3 Å². The third kappa shape index (κ3) is 9.40. The number of fused-ring (bicyclic) bond motifs is 1. The topological polar surface area (TPSA) is 104 Å². The lowest BCUT2D eigenvalue weighted by molar-refractivity contribution is -0.132. The number of aromatic nitrogens is 1. The van der Waals surface area contributed by atoms with Crippen molar-refractivity contribution in [2.45, 2.75) is 46.2 Å². The van der Waals surface area contributed by atoms with Crippen LogP contribution in [0.4, 0.5) is 10.8 Å². The molecule has 1 N–H and O–H groups in total. The molecule has 1 unspecified atom stereocenters. The summed E-state index contributed by atoms with van der Waals surface area (Å²) >= 11 is 1.34. The standard InChI is InChI=1S/C40H47N5O5S/c1-40(2,3)16-23-50-25-24-49-22-15-35(46)44-20-18-43(19-21-44)33-13-11-29(12-14-33)31-9-10-32-28-45(38(48)34(32)27-31)36(30-7-5-4-6-8-30)37(47)42-39-41-17-26-51-39/h4-14,17,26-27,36H,15-16,18-25,28H2,1-3H3,(H,41,42,47). The van der Waals surface area contributed by atoms with Crippen LogP contribution in [-0.2, 0) is 25.6 Å². The molecule has 4 aromatic rings. The highest BCUT2D eigenvalue weighted by molar-refractivity contribution is 7.13. The number of nitrogens with zero attached hydrogens (tertiary/aromatic N) is 4. The molecule has 51 heavy (non-hydrogen) atoms. The molecule has 0 spiro atoms. The number of carbonyl (C=O) groups excluding carboxylic acids is 3. The molecule has 2 aliphatic heterocycles. The number of thiazole rings is 1. The van der Waals surface area contributed by atoms with Crippen molar-refractivity contribution >= 4 is 39.9 Å². The molecule has 1 aromatic heterocycles. The molecule has 268 valence electrons. The molecule has 6 rings (SSSR count). The van der Waals surface area contributed by atoms with Crippen molar-refractivity contribution in [2.24, 2.45) is 5.41 Å². The van der Waals surface area contributed by atoms with Crippen LogP contribution in [0.5, 0.6) is 0 Å². The first-order chi connectivity index (χ1) is 24.7. The van der Waals surface area contributed by atoms with Gasteiger partial charge in [-0.1, -0.05) is 75.4 Å². The zero-order valence-electron chi connectivity index (χ0n) is 29.7. The summed E-state index contributed by atoms with van der Waals surface area (Å²) in [4.78, 5) is 50.2. The molecule has 1 atom stereocenters. The highest BCUT2D eigenvalue weighted by Gasteiger charge is 2.38. The number of anilines is 2. The maximum Gasteiger partial charge on any atom is 0.255 e. The number of benzene rings is 3. The summed E-state index contributed by atoms with van der Waals surface area (Å²) < 4.78 is 11.3. The van der Waals surface area contributed by atoms with Crippen molar-refractivity contribution < 1.29 is 23.9 Å². The normalized spacial score (nSPS) is 15.2. The first kappa shape index (κ1) is 36.2. The van der Waals surface area contributed by atoms with Gasteiger partial charge >= 0.3 is 0 Å². The number of hydrogen-bond donors (Lipinski definition) is 1. The summed E-state index contributed by atoms with van der Waals surface area (Å²) in [5, 5.41) is 5.18. The Bertz CT molecular complexity index is 1770. The second-order valence-electron chi connectivity index (χ2n) is 14.1. The summed E-state index contributed by atoms with van der Waals surface area (Å²) in [6.07, 6.45) is 3.02. The number of ether oxygens (including phenoxy) is 2. The predicted octanol–water partition coefficient (Wildman–Crippen LogP) is 6.65. The third-order valence-corrected chi connectivity index (χ3v) is 9.99. The molecular formula is C40H47N5O5S. The summed E-state index contributed by atoms with van der Waals surface area (Å²) in [5.74, 6) is -0.347. The number of amides is 3. The van der Waals surface area contributed by atoms with Gasteiger partial charge < -0.3 is 24.2 Å². The predicted molar refractivity (Wildman–Crippen MR) is 201 cm³/mol. The van der Waals surface area contributed by atoms with Gasteiger partial charge in [-0.25, -0.2) is 4.98 Å². The molecule has 3 amide bonds. The summed E-state index contributed by atoms with van der Waals surface area (Å²) in [5.41, 5.74) is 5.54. The molecular weight excluding hydrogens is 663 g/mol. The second-order valence-corrected chi connectivity index (χ2v) is 15.0. The van der Waals surface area contributed by atoms with Crippen molar-refractivity contribution in [3.63, 3.8) is 0 Å². The minimum absolute atomic E-state index is 0.124. The van der Waals surface area contributed by atoms with E-state index in [4.69, 9.17) is 9.47 Å². The second kappa shape index (κ2) is 16.6. The largest absolute Gasteiger partial charge is 0.379 e. The highest BCUT2D eigenvalue weighted by Crippen LogP contribution is 2.35. The quantitative estimate of drug-likeness (QED) is 0.146. The van der Waals surface area contributed by atoms with Crippen LogP contribution in [0.25, 0.3) is 11.1 Å². The zero-order chi connectivity index (χ0) is 35.8. The van der Waals surface area contributed by atoms with Gasteiger partial charge in [0, 0.05) is 62.2 Å². The van der Waals surface area contributed by atoms with E-state index in [1.54, 1.807) is 16.5 Å². The Morgan fingerprint density at radius 2 is 1.59 bits per heavy atom. The maximum absolute atomic E-state index is 13.9. The van der Waals surface area contributed by atoms with Crippen molar-refractivity contribution in [1.29, 1.82) is 0 Å². The minimum atomic E-state index is -0.796. The van der Waals surface area contributed by atoms with E-state index in [-0.39, 0.29) is 23.1 Å². The molecule has 0 aliphatic carbocycles. The first-order valence-electron chi connectivity index (χ1n) is 17.6. The van der Waals surface area contributed by atoms with E-state index in [9.17, 15) is 14.4 Å². The van der Waals surface area contributed by atoms with E-state index in [2.05, 4.69) is 60.2 Å². The summed E-state index contributed by atoms with van der Waals surface area (Å²) in [6.45, 7) is 12.0. The fraction of sp³-hybridized carbons (Fsp3) is 0.400. The molecule has 11 heteroatoms. The Kier molecular flexibility index (Phi) is 11.8. The molecule has 1 fully saturated rings. The van der Waals surface area contributed by atoms with Crippen molar-refractivity contribution in [2.75, 3.05) is 62.8 Å². The average molecular weight is 710 g/mol. The van der Waals surface area contributed by atoms with E-state index in [1.165, 1.54) is 11.3 Å². The Balaban J connectivity index is 1.01. The van der Waals surface area contributed by atoms with Crippen LogP contribution in [0.1, 0.15) is 61.1 Å². The van der Waals surface area contributed by atoms with E-state index < -0.39 is 6.04 Å². The number of carbonyl (C=O) groups is 3. The van der Waals surface area contributed by atoms with Gasteiger partial charge in [-0.15, -0.1) is 11.3 Å². The molecule has 0 radical (unpaired) electrons. The Hall–Kier alpha value is -4.58. The SMILES string of the molecule is CC(C)(C)CCOCCOCCC(=O)N1CCN(c2ccc(-c3ccc4c(c3)C(=O)N(C(C(=O)Nc3nccs3)c3ccccc3)C4)cc2)CC1. The lowest BCUT2D eigenvalue weighted by Gasteiger charge is -2.36. The molecule has 3 aromatic carbocycles. The number of rotatable bonds is 14. The van der Waals surface area contributed by atoms with Gasteiger partial charge in [0.15, 0.2) is 5.13 Å². The lowest BCUT2D eigenvalue weighted by atomic mass is 9.93. The molecule has 1 saturated heterocycles. The highest BCUT2D eigenvalue weighted by atomic mass is 32.1. The van der Waals surface area contributed by atoms with E-state index in [1.807, 2.05) is 53.4 Å². The Morgan fingerprint density at radius 3 is 2.27 bits per heavy atom. The van der Waals surface area contributed by atoms with Crippen molar-refractivity contribution in [3.8, 4) is 11.1 Å². The van der Waals surface area contributed by atoms with Crippen LogP contribution in [0.2, 0.25) is 0 Å². The Morgan fingerprint density at radius 1 is 0.882 bits per heavy atom. The van der Waals surface area contributed by atoms with Gasteiger partial charge in [0.05, 0.1) is 26.2 Å². The number of hydrogen-bond acceptors (Lipinski definition) is 8. The molecule has 2 aliphatic rings. The van der Waals surface area contributed by atoms with E-state index in [0.717, 1.165) is 54.1 Å². The Labute approximate surface area is 304 Å². The fourth-order valence-corrected chi connectivity index (χ4v) is 6.91. The van der Waals surface area contributed by atoms with Gasteiger partial charge in [0.25, 0.3) is 11.8 Å². The maximum atomic E-state index is 13.9. The molecule has 3 heterocycles. The smallest absolute Gasteiger partial charge is 0.255 e. The lowest BCUT2D eigenvalue weighted by Crippen LogP contribution is -2.49. The van der Waals surface area contributed by atoms with Crippen molar-refractivity contribution in [1.82, 2.24) is 14.8 Å². The average Bonchev–Trinajstić information content (AvgIpc) is 3.76. The molecule has 10 nitrogen and oxygen atoms in total. The molecule has 0 bridgehead atoms. The van der Waals surface area contributed by atoms with Gasteiger partial charge in [-0.3, -0.25) is 19.7 Å². The van der Waals surface area contributed by atoms with Crippen LogP contribution in [-0.4, -0.2) is 85.1 Å². The zero-order valence-corrected chi connectivity index (χ0v) is 30.5. The van der Waals surface area contributed by atoms with Crippen LogP contribution in [0.15, 0.2) is 84.4 Å². The number of nitrogens with one attached hydrogen (secondary N) is 1.